The summed E-state index contributed by atoms with van der Waals surface area (Å²) in [5.41, 5.74) is 2.47. The Hall–Kier alpha value is -2.46. The predicted molar refractivity (Wildman–Crippen MR) is 104 cm³/mol. The van der Waals surface area contributed by atoms with Crippen molar-refractivity contribution in [2.75, 3.05) is 18.4 Å². The first-order chi connectivity index (χ1) is 12.6. The van der Waals surface area contributed by atoms with Gasteiger partial charge in [-0.3, -0.25) is 14.5 Å². The molecule has 1 saturated heterocycles. The average molecular weight is 350 g/mol. The van der Waals surface area contributed by atoms with E-state index in [0.717, 1.165) is 25.8 Å². The molecule has 0 spiro atoms. The Balaban J connectivity index is 1.64. The number of rotatable bonds is 6. The van der Waals surface area contributed by atoms with Crippen LogP contribution in [0, 0.1) is 0 Å². The van der Waals surface area contributed by atoms with E-state index < -0.39 is 0 Å². The molecule has 136 valence electrons. The molecular weight excluding hydrogens is 324 g/mol. The number of ketones is 1. The third-order valence-corrected chi connectivity index (χ3v) is 4.99. The summed E-state index contributed by atoms with van der Waals surface area (Å²) in [7, 11) is 0. The summed E-state index contributed by atoms with van der Waals surface area (Å²) in [5.74, 6) is -0.0977. The van der Waals surface area contributed by atoms with Crippen LogP contribution in [-0.4, -0.2) is 35.7 Å². The molecule has 1 amide bonds. The van der Waals surface area contributed by atoms with Gasteiger partial charge in [0, 0.05) is 11.6 Å². The van der Waals surface area contributed by atoms with Crippen LogP contribution in [0.15, 0.2) is 54.6 Å². The van der Waals surface area contributed by atoms with Gasteiger partial charge in [0.05, 0.1) is 12.2 Å². The van der Waals surface area contributed by atoms with Crippen LogP contribution >= 0.6 is 0 Å². The van der Waals surface area contributed by atoms with Gasteiger partial charge in [-0.15, -0.1) is 0 Å². The van der Waals surface area contributed by atoms with Crippen molar-refractivity contribution in [3.8, 4) is 0 Å². The third kappa shape index (κ3) is 4.79. The Morgan fingerprint density at radius 3 is 2.54 bits per heavy atom. The SMILES string of the molecule is CC(=O)c1ccccc1NC(=O)CN1CCCCC1Cc1ccccc1. The van der Waals surface area contributed by atoms with Gasteiger partial charge < -0.3 is 5.32 Å². The third-order valence-electron chi connectivity index (χ3n) is 4.99. The number of carbonyl (C=O) groups excluding carboxylic acids is 2. The van der Waals surface area contributed by atoms with Crippen LogP contribution in [0.25, 0.3) is 0 Å². The largest absolute Gasteiger partial charge is 0.324 e. The van der Waals surface area contributed by atoms with Gasteiger partial charge in [-0.05, 0) is 50.4 Å². The highest BCUT2D eigenvalue weighted by molar-refractivity contribution is 6.04. The second-order valence-corrected chi connectivity index (χ2v) is 6.96. The molecular formula is C22H26N2O2. The Labute approximate surface area is 155 Å². The van der Waals surface area contributed by atoms with Crippen molar-refractivity contribution in [2.24, 2.45) is 0 Å². The fourth-order valence-electron chi connectivity index (χ4n) is 3.66. The number of Topliss-reactive ketones (excluding diaryl/α,β-unsaturated/α-hetero) is 1. The number of anilines is 1. The van der Waals surface area contributed by atoms with E-state index in [1.165, 1.54) is 18.9 Å². The van der Waals surface area contributed by atoms with Crippen molar-refractivity contribution in [3.63, 3.8) is 0 Å². The summed E-state index contributed by atoms with van der Waals surface area (Å²) in [6, 6.07) is 18.0. The van der Waals surface area contributed by atoms with Crippen LogP contribution in [0.3, 0.4) is 0 Å². The molecule has 0 aliphatic carbocycles. The maximum Gasteiger partial charge on any atom is 0.238 e. The smallest absolute Gasteiger partial charge is 0.238 e. The lowest BCUT2D eigenvalue weighted by Gasteiger charge is -2.35. The molecule has 1 heterocycles. The molecule has 1 aliphatic heterocycles. The predicted octanol–water partition coefficient (Wildman–Crippen LogP) is 3.92. The van der Waals surface area contributed by atoms with Gasteiger partial charge in [-0.1, -0.05) is 48.9 Å². The van der Waals surface area contributed by atoms with Crippen LogP contribution in [0.4, 0.5) is 5.69 Å². The second-order valence-electron chi connectivity index (χ2n) is 6.96. The molecule has 4 nitrogen and oxygen atoms in total. The van der Waals surface area contributed by atoms with Crippen LogP contribution in [0.2, 0.25) is 0 Å². The van der Waals surface area contributed by atoms with E-state index in [1.807, 2.05) is 18.2 Å². The fourth-order valence-corrected chi connectivity index (χ4v) is 3.66. The van der Waals surface area contributed by atoms with Crippen molar-refractivity contribution >= 4 is 17.4 Å². The van der Waals surface area contributed by atoms with Gasteiger partial charge in [0.2, 0.25) is 5.91 Å². The van der Waals surface area contributed by atoms with Crippen molar-refractivity contribution in [3.05, 3.63) is 65.7 Å². The number of amides is 1. The molecule has 0 aromatic heterocycles. The summed E-state index contributed by atoms with van der Waals surface area (Å²) in [6.45, 7) is 2.83. The number of nitrogens with zero attached hydrogens (tertiary/aromatic N) is 1. The van der Waals surface area contributed by atoms with Crippen molar-refractivity contribution in [1.82, 2.24) is 4.90 Å². The first-order valence-electron chi connectivity index (χ1n) is 9.31. The number of hydrogen-bond donors (Lipinski definition) is 1. The normalized spacial score (nSPS) is 17.7. The van der Waals surface area contributed by atoms with E-state index in [1.54, 1.807) is 12.1 Å². The minimum absolute atomic E-state index is 0.0409. The number of carbonyl (C=O) groups is 2. The highest BCUT2D eigenvalue weighted by Gasteiger charge is 2.24. The Morgan fingerprint density at radius 2 is 1.77 bits per heavy atom. The van der Waals surface area contributed by atoms with Crippen molar-refractivity contribution in [2.45, 2.75) is 38.6 Å². The van der Waals surface area contributed by atoms with Gasteiger partial charge >= 0.3 is 0 Å². The maximum atomic E-state index is 12.6. The lowest BCUT2D eigenvalue weighted by atomic mass is 9.95. The van der Waals surface area contributed by atoms with Crippen LogP contribution in [0.5, 0.6) is 0 Å². The summed E-state index contributed by atoms with van der Waals surface area (Å²) in [4.78, 5) is 26.6. The zero-order chi connectivity index (χ0) is 18.4. The van der Waals surface area contributed by atoms with E-state index in [9.17, 15) is 9.59 Å². The van der Waals surface area contributed by atoms with E-state index >= 15 is 0 Å². The number of likely N-dealkylation sites (tertiary alicyclic amines) is 1. The van der Waals surface area contributed by atoms with E-state index in [2.05, 4.69) is 34.5 Å². The Kier molecular flexibility index (Phi) is 6.18. The van der Waals surface area contributed by atoms with Crippen LogP contribution in [-0.2, 0) is 11.2 Å². The molecule has 1 N–H and O–H groups in total. The van der Waals surface area contributed by atoms with E-state index in [0.29, 0.717) is 23.8 Å². The highest BCUT2D eigenvalue weighted by Crippen LogP contribution is 2.21. The van der Waals surface area contributed by atoms with E-state index in [4.69, 9.17) is 0 Å². The van der Waals surface area contributed by atoms with Crippen molar-refractivity contribution in [1.29, 1.82) is 0 Å². The van der Waals surface area contributed by atoms with Gasteiger partial charge in [-0.2, -0.15) is 0 Å². The van der Waals surface area contributed by atoms with Crippen LogP contribution < -0.4 is 5.32 Å². The Bertz CT molecular complexity index is 758. The minimum Gasteiger partial charge on any atom is -0.324 e. The molecule has 1 unspecified atom stereocenters. The minimum atomic E-state index is -0.0568. The second kappa shape index (κ2) is 8.77. The number of hydrogen-bond acceptors (Lipinski definition) is 3. The maximum absolute atomic E-state index is 12.6. The molecule has 2 aromatic rings. The van der Waals surface area contributed by atoms with Gasteiger partial charge in [-0.25, -0.2) is 0 Å². The summed E-state index contributed by atoms with van der Waals surface area (Å²) >= 11 is 0. The molecule has 0 saturated carbocycles. The molecule has 26 heavy (non-hydrogen) atoms. The number of para-hydroxylation sites is 1. The number of benzene rings is 2. The first kappa shape index (κ1) is 18.3. The molecule has 1 fully saturated rings. The lowest BCUT2D eigenvalue weighted by molar-refractivity contribution is -0.118. The lowest BCUT2D eigenvalue weighted by Crippen LogP contribution is -2.45. The summed E-state index contributed by atoms with van der Waals surface area (Å²) in [5, 5.41) is 2.92. The Morgan fingerprint density at radius 1 is 1.04 bits per heavy atom. The average Bonchev–Trinajstić information content (AvgIpc) is 2.64. The fraction of sp³-hybridized carbons (Fsp3) is 0.364. The standard InChI is InChI=1S/C22H26N2O2/c1-17(25)20-12-5-6-13-21(20)23-22(26)16-24-14-8-7-11-19(24)15-18-9-3-2-4-10-18/h2-6,9-10,12-13,19H,7-8,11,14-16H2,1H3,(H,23,26). The molecule has 0 radical (unpaired) electrons. The van der Waals surface area contributed by atoms with Gasteiger partial charge in [0.25, 0.3) is 0 Å². The van der Waals surface area contributed by atoms with Gasteiger partial charge in [0.15, 0.2) is 5.78 Å². The summed E-state index contributed by atoms with van der Waals surface area (Å²) in [6.07, 6.45) is 4.43. The molecule has 0 bridgehead atoms. The number of piperidine rings is 1. The number of nitrogens with one attached hydrogen (secondary N) is 1. The molecule has 4 heteroatoms. The van der Waals surface area contributed by atoms with Gasteiger partial charge in [0.1, 0.15) is 0 Å². The van der Waals surface area contributed by atoms with Crippen LogP contribution in [0.1, 0.15) is 42.1 Å². The van der Waals surface area contributed by atoms with Crippen molar-refractivity contribution < 1.29 is 9.59 Å². The molecule has 3 rings (SSSR count). The quantitative estimate of drug-likeness (QED) is 0.803. The topological polar surface area (TPSA) is 49.4 Å². The summed E-state index contributed by atoms with van der Waals surface area (Å²) < 4.78 is 0. The zero-order valence-electron chi connectivity index (χ0n) is 15.3. The molecule has 1 aliphatic rings. The van der Waals surface area contributed by atoms with E-state index in [-0.39, 0.29) is 11.7 Å². The molecule has 1 atom stereocenters. The monoisotopic (exact) mass is 350 g/mol. The highest BCUT2D eigenvalue weighted by atomic mass is 16.2. The first-order valence-corrected chi connectivity index (χ1v) is 9.31. The molecule has 2 aromatic carbocycles. The zero-order valence-corrected chi connectivity index (χ0v) is 15.3.